The lowest BCUT2D eigenvalue weighted by Gasteiger charge is -2.57. The van der Waals surface area contributed by atoms with Gasteiger partial charge in [0.05, 0.1) is 0 Å². The Bertz CT molecular complexity index is 620. The van der Waals surface area contributed by atoms with E-state index in [-0.39, 0.29) is 0 Å². The first-order valence-corrected chi connectivity index (χ1v) is 11.5. The minimum atomic E-state index is 0.373. The molecule has 0 amide bonds. The van der Waals surface area contributed by atoms with Gasteiger partial charge in [0.1, 0.15) is 0 Å². The van der Waals surface area contributed by atoms with Gasteiger partial charge in [-0.05, 0) is 72.5 Å². The van der Waals surface area contributed by atoms with Crippen LogP contribution in [-0.2, 0) is 0 Å². The molecule has 2 fully saturated rings. The Morgan fingerprint density at radius 3 is 2.04 bits per heavy atom. The smallest absolute Gasteiger partial charge is 0.00926 e. The van der Waals surface area contributed by atoms with Crippen molar-refractivity contribution in [2.75, 3.05) is 0 Å². The largest absolute Gasteiger partial charge is 0.103 e. The number of hydrogen-bond acceptors (Lipinski definition) is 0. The molecule has 0 saturated heterocycles. The topological polar surface area (TPSA) is 0 Å². The summed E-state index contributed by atoms with van der Waals surface area (Å²) in [5, 5.41) is 0. The molecule has 0 aromatic carbocycles. The van der Waals surface area contributed by atoms with Crippen LogP contribution in [0.15, 0.2) is 61.3 Å². The predicted octanol–water partition coefficient (Wildman–Crippen LogP) is 7.67. The molecule has 4 aliphatic carbocycles. The lowest BCUT2D eigenvalue weighted by molar-refractivity contribution is -0.0663. The van der Waals surface area contributed by atoms with Crippen LogP contribution in [0.3, 0.4) is 0 Å². The highest BCUT2D eigenvalue weighted by atomic mass is 14.7. The van der Waals surface area contributed by atoms with Gasteiger partial charge in [0.25, 0.3) is 0 Å². The molecule has 4 rings (SSSR count). The van der Waals surface area contributed by atoms with Gasteiger partial charge in [-0.1, -0.05) is 87.8 Å². The molecule has 0 heteroatoms. The maximum absolute atomic E-state index is 4.10. The molecule has 0 spiro atoms. The third-order valence-corrected chi connectivity index (χ3v) is 8.84. The van der Waals surface area contributed by atoms with Gasteiger partial charge in [0.2, 0.25) is 0 Å². The molecule has 5 atom stereocenters. The molecule has 27 heavy (non-hydrogen) atoms. The van der Waals surface area contributed by atoms with E-state index in [1.54, 1.807) is 0 Å². The average Bonchev–Trinajstić information content (AvgIpc) is 3.34. The van der Waals surface area contributed by atoms with E-state index < -0.39 is 0 Å². The molecule has 2 saturated carbocycles. The van der Waals surface area contributed by atoms with Crippen molar-refractivity contribution >= 4 is 0 Å². The van der Waals surface area contributed by atoms with E-state index in [4.69, 9.17) is 0 Å². The summed E-state index contributed by atoms with van der Waals surface area (Å²) in [5.41, 5.74) is 0.763. The number of rotatable bonds is 7. The van der Waals surface area contributed by atoms with Crippen LogP contribution < -0.4 is 0 Å². The van der Waals surface area contributed by atoms with Crippen LogP contribution in [0.4, 0.5) is 0 Å². The first-order valence-electron chi connectivity index (χ1n) is 11.5. The normalized spacial score (nSPS) is 39.3. The van der Waals surface area contributed by atoms with Gasteiger partial charge in [-0.2, -0.15) is 0 Å². The average molecular weight is 363 g/mol. The van der Waals surface area contributed by atoms with Gasteiger partial charge >= 0.3 is 0 Å². The second kappa shape index (κ2) is 7.61. The zero-order valence-electron chi connectivity index (χ0n) is 17.4. The molecule has 0 radical (unpaired) electrons. The van der Waals surface area contributed by atoms with Gasteiger partial charge in [0.15, 0.2) is 0 Å². The molecule has 0 heterocycles. The van der Waals surface area contributed by atoms with Crippen molar-refractivity contribution in [2.24, 2.45) is 40.4 Å². The van der Waals surface area contributed by atoms with E-state index in [1.807, 2.05) is 0 Å². The molecule has 0 aromatic rings. The zero-order valence-corrected chi connectivity index (χ0v) is 17.4. The number of hydrogen-bond donors (Lipinski definition) is 0. The SMILES string of the molecule is C=CCCC(C)(C1CCCC1)C1(CCC)C2C=CC=CC2C2C=CC=CC21. The Balaban J connectivity index is 1.87. The fraction of sp³-hybridized carbons (Fsp3) is 0.630. The molecular formula is C27H38. The number of allylic oxidation sites excluding steroid dienone is 9. The summed E-state index contributed by atoms with van der Waals surface area (Å²) in [6.07, 6.45) is 32.6. The van der Waals surface area contributed by atoms with Crippen LogP contribution in [0.2, 0.25) is 0 Å². The molecule has 0 aromatic heterocycles. The third kappa shape index (κ3) is 2.78. The molecular weight excluding hydrogens is 324 g/mol. The van der Waals surface area contributed by atoms with Crippen LogP contribution in [0.1, 0.15) is 65.2 Å². The van der Waals surface area contributed by atoms with Crippen LogP contribution in [0, 0.1) is 40.4 Å². The van der Waals surface area contributed by atoms with E-state index in [9.17, 15) is 0 Å². The Labute approximate surface area is 167 Å². The van der Waals surface area contributed by atoms with E-state index >= 15 is 0 Å². The highest BCUT2D eigenvalue weighted by Gasteiger charge is 2.65. The molecule has 146 valence electrons. The standard InChI is InChI=1S/C27H38/c1-4-6-20-26(3,21-13-7-8-14-21)27(19-5-2)24-17-11-9-15-22(24)23-16-10-12-18-25(23)27/h4,9-12,15-18,21-25H,1,5-8,13-14,19-20H2,2-3H3. The Morgan fingerprint density at radius 1 is 0.963 bits per heavy atom. The van der Waals surface area contributed by atoms with Crippen molar-refractivity contribution < 1.29 is 0 Å². The second-order valence-corrected chi connectivity index (χ2v) is 9.76. The Hall–Kier alpha value is -1.30. The van der Waals surface area contributed by atoms with Gasteiger partial charge in [-0.25, -0.2) is 0 Å². The predicted molar refractivity (Wildman–Crippen MR) is 117 cm³/mol. The maximum atomic E-state index is 4.10. The third-order valence-electron chi connectivity index (χ3n) is 8.84. The molecule has 0 nitrogen and oxygen atoms in total. The quantitative estimate of drug-likeness (QED) is 0.408. The van der Waals surface area contributed by atoms with E-state index in [0.717, 1.165) is 12.3 Å². The summed E-state index contributed by atoms with van der Waals surface area (Å²) in [6, 6.07) is 0. The summed E-state index contributed by atoms with van der Waals surface area (Å²) < 4.78 is 0. The lowest BCUT2D eigenvalue weighted by Crippen LogP contribution is -2.51. The van der Waals surface area contributed by atoms with Crippen LogP contribution in [-0.4, -0.2) is 0 Å². The van der Waals surface area contributed by atoms with E-state index in [0.29, 0.717) is 34.5 Å². The summed E-state index contributed by atoms with van der Waals surface area (Å²) in [5.74, 6) is 3.59. The van der Waals surface area contributed by atoms with E-state index in [1.165, 1.54) is 44.9 Å². The zero-order chi connectivity index (χ0) is 18.9. The summed E-state index contributed by atoms with van der Waals surface area (Å²) in [4.78, 5) is 0. The fourth-order valence-corrected chi connectivity index (χ4v) is 7.81. The monoisotopic (exact) mass is 362 g/mol. The van der Waals surface area contributed by atoms with Crippen molar-refractivity contribution in [1.29, 1.82) is 0 Å². The van der Waals surface area contributed by atoms with Crippen molar-refractivity contribution in [1.82, 2.24) is 0 Å². The van der Waals surface area contributed by atoms with Gasteiger partial charge in [0, 0.05) is 0 Å². The molecule has 5 unspecified atom stereocenters. The number of fused-ring (bicyclic) bond motifs is 3. The van der Waals surface area contributed by atoms with Gasteiger partial charge in [-0.15, -0.1) is 6.58 Å². The minimum absolute atomic E-state index is 0.373. The van der Waals surface area contributed by atoms with Gasteiger partial charge < -0.3 is 0 Å². The Morgan fingerprint density at radius 2 is 1.52 bits per heavy atom. The van der Waals surface area contributed by atoms with Crippen molar-refractivity contribution in [3.05, 3.63) is 61.3 Å². The van der Waals surface area contributed by atoms with E-state index in [2.05, 4.69) is 75.1 Å². The fourth-order valence-electron chi connectivity index (χ4n) is 7.81. The van der Waals surface area contributed by atoms with Crippen LogP contribution in [0.5, 0.6) is 0 Å². The minimum Gasteiger partial charge on any atom is -0.103 e. The van der Waals surface area contributed by atoms with Crippen LogP contribution >= 0.6 is 0 Å². The summed E-state index contributed by atoms with van der Waals surface area (Å²) in [7, 11) is 0. The Kier molecular flexibility index (Phi) is 5.36. The van der Waals surface area contributed by atoms with Gasteiger partial charge in [-0.3, -0.25) is 0 Å². The van der Waals surface area contributed by atoms with Crippen molar-refractivity contribution in [3.8, 4) is 0 Å². The second-order valence-electron chi connectivity index (χ2n) is 9.76. The molecule has 0 aliphatic heterocycles. The highest BCUT2D eigenvalue weighted by molar-refractivity contribution is 5.33. The maximum Gasteiger partial charge on any atom is -0.00926 e. The molecule has 0 bridgehead atoms. The lowest BCUT2D eigenvalue weighted by atomic mass is 9.47. The van der Waals surface area contributed by atoms with Crippen molar-refractivity contribution in [2.45, 2.75) is 65.2 Å². The van der Waals surface area contributed by atoms with Crippen LogP contribution in [0.25, 0.3) is 0 Å². The summed E-state index contributed by atoms with van der Waals surface area (Å²) >= 11 is 0. The highest BCUT2D eigenvalue weighted by Crippen LogP contribution is 2.71. The summed E-state index contributed by atoms with van der Waals surface area (Å²) in [6.45, 7) is 9.21. The first-order chi connectivity index (χ1) is 13.2. The molecule has 4 aliphatic rings. The van der Waals surface area contributed by atoms with Crippen molar-refractivity contribution in [3.63, 3.8) is 0 Å². The molecule has 0 N–H and O–H groups in total. The first kappa shape index (κ1) is 19.0.